The van der Waals surface area contributed by atoms with E-state index in [0.29, 0.717) is 13.0 Å². The molecule has 0 saturated carbocycles. The minimum absolute atomic E-state index is 0.0193. The molecular weight excluding hydrogens is 454 g/mol. The van der Waals surface area contributed by atoms with Crippen LogP contribution in [0.4, 0.5) is 0 Å². The van der Waals surface area contributed by atoms with E-state index in [1.54, 1.807) is 0 Å². The van der Waals surface area contributed by atoms with Crippen LogP contribution in [-0.4, -0.2) is 67.2 Å². The molecule has 0 bridgehead atoms. The molecule has 0 aliphatic carbocycles. The zero-order chi connectivity index (χ0) is 24.7. The maximum Gasteiger partial charge on any atom is 0.243 e. The number of amides is 1. The molecule has 34 heavy (non-hydrogen) atoms. The number of sulfonamides is 1. The quantitative estimate of drug-likeness (QED) is 0.382. The molecule has 2 aromatic rings. The molecule has 1 saturated heterocycles. The molecule has 1 heterocycles. The molecule has 0 spiro atoms. The molecule has 3 rings (SSSR count). The highest BCUT2D eigenvalue weighted by Crippen LogP contribution is 2.21. The smallest absolute Gasteiger partial charge is 0.243 e. The Kier molecular flexibility index (Phi) is 9.07. The van der Waals surface area contributed by atoms with Crippen LogP contribution in [0.1, 0.15) is 25.8 Å². The number of benzene rings is 2. The molecular formula is C25H35N3O5S. The number of nitrogens with one attached hydrogen (secondary N) is 2. The Labute approximate surface area is 202 Å². The normalized spacial score (nSPS) is 18.2. The van der Waals surface area contributed by atoms with Gasteiger partial charge in [0.1, 0.15) is 5.75 Å². The van der Waals surface area contributed by atoms with E-state index >= 15 is 0 Å². The number of hydrogen-bond acceptors (Lipinski definition) is 6. The highest BCUT2D eigenvalue weighted by Gasteiger charge is 2.32. The van der Waals surface area contributed by atoms with E-state index in [1.807, 2.05) is 44.2 Å². The predicted molar refractivity (Wildman–Crippen MR) is 131 cm³/mol. The summed E-state index contributed by atoms with van der Waals surface area (Å²) in [6, 6.07) is 14.2. The van der Waals surface area contributed by atoms with Gasteiger partial charge in [0.25, 0.3) is 0 Å². The average Bonchev–Trinajstić information content (AvgIpc) is 3.34. The van der Waals surface area contributed by atoms with Crippen molar-refractivity contribution >= 4 is 15.9 Å². The molecule has 2 aromatic carbocycles. The summed E-state index contributed by atoms with van der Waals surface area (Å²) in [6.45, 7) is 5.22. The van der Waals surface area contributed by atoms with Crippen LogP contribution in [0.3, 0.4) is 0 Å². The first-order valence-electron chi connectivity index (χ1n) is 11.7. The van der Waals surface area contributed by atoms with Gasteiger partial charge >= 0.3 is 0 Å². The van der Waals surface area contributed by atoms with E-state index in [4.69, 9.17) is 0 Å². The number of aromatic hydroxyl groups is 1. The number of carbonyl (C=O) groups is 1. The summed E-state index contributed by atoms with van der Waals surface area (Å²) in [6.07, 6.45) is -0.0127. The van der Waals surface area contributed by atoms with Crippen molar-refractivity contribution in [2.75, 3.05) is 26.2 Å². The van der Waals surface area contributed by atoms with Crippen LogP contribution in [0, 0.1) is 11.8 Å². The number of aliphatic hydroxyl groups excluding tert-OH is 1. The first kappa shape index (κ1) is 26.2. The lowest BCUT2D eigenvalue weighted by molar-refractivity contribution is -0.126. The van der Waals surface area contributed by atoms with Gasteiger partial charge in [-0.3, -0.25) is 4.79 Å². The van der Waals surface area contributed by atoms with Crippen molar-refractivity contribution in [1.82, 2.24) is 14.9 Å². The van der Waals surface area contributed by atoms with Gasteiger partial charge in [-0.2, -0.15) is 4.31 Å². The third-order valence-corrected chi connectivity index (χ3v) is 7.80. The fourth-order valence-corrected chi connectivity index (χ4v) is 5.73. The lowest BCUT2D eigenvalue weighted by Gasteiger charge is -2.31. The SMILES string of the molecule is CC(C)CN(C[C@@H](O)[C@H](Cc1ccccc1)NC(=O)[C@@H]1CCNC1)S(=O)(=O)c1ccc(O)cc1. The Morgan fingerprint density at radius 3 is 2.38 bits per heavy atom. The van der Waals surface area contributed by atoms with Crippen molar-refractivity contribution in [1.29, 1.82) is 0 Å². The lowest BCUT2D eigenvalue weighted by atomic mass is 9.99. The largest absolute Gasteiger partial charge is 0.508 e. The van der Waals surface area contributed by atoms with Gasteiger partial charge in [-0.25, -0.2) is 8.42 Å². The minimum Gasteiger partial charge on any atom is -0.508 e. The number of hydrogen-bond donors (Lipinski definition) is 4. The molecule has 1 aliphatic rings. The summed E-state index contributed by atoms with van der Waals surface area (Å²) in [5.41, 5.74) is 0.938. The van der Waals surface area contributed by atoms with Crippen LogP contribution in [0.25, 0.3) is 0 Å². The van der Waals surface area contributed by atoms with Crippen molar-refractivity contribution < 1.29 is 23.4 Å². The van der Waals surface area contributed by atoms with Gasteiger partial charge in [-0.05, 0) is 55.1 Å². The summed E-state index contributed by atoms with van der Waals surface area (Å²) in [5, 5.41) is 26.9. The molecule has 0 radical (unpaired) electrons. The van der Waals surface area contributed by atoms with E-state index in [-0.39, 0.29) is 41.5 Å². The van der Waals surface area contributed by atoms with Gasteiger partial charge in [-0.15, -0.1) is 0 Å². The molecule has 3 atom stereocenters. The Morgan fingerprint density at radius 2 is 1.79 bits per heavy atom. The number of phenols is 1. The van der Waals surface area contributed by atoms with Crippen LogP contribution in [0.15, 0.2) is 59.5 Å². The number of rotatable bonds is 11. The van der Waals surface area contributed by atoms with E-state index in [9.17, 15) is 23.4 Å². The first-order chi connectivity index (χ1) is 16.2. The number of aliphatic hydroxyl groups is 1. The van der Waals surface area contributed by atoms with Crippen molar-refractivity contribution in [3.63, 3.8) is 0 Å². The molecule has 186 valence electrons. The van der Waals surface area contributed by atoms with Crippen LogP contribution >= 0.6 is 0 Å². The molecule has 9 heteroatoms. The molecule has 1 amide bonds. The number of phenolic OH excluding ortho intramolecular Hbond substituents is 1. The topological polar surface area (TPSA) is 119 Å². The van der Waals surface area contributed by atoms with Crippen molar-refractivity contribution in [2.45, 2.75) is 43.7 Å². The monoisotopic (exact) mass is 489 g/mol. The zero-order valence-corrected chi connectivity index (χ0v) is 20.5. The van der Waals surface area contributed by atoms with Gasteiger partial charge in [0.15, 0.2) is 0 Å². The first-order valence-corrected chi connectivity index (χ1v) is 13.1. The van der Waals surface area contributed by atoms with Gasteiger partial charge in [0.2, 0.25) is 15.9 Å². The van der Waals surface area contributed by atoms with Crippen molar-refractivity contribution in [3.8, 4) is 5.75 Å². The second kappa shape index (κ2) is 11.8. The molecule has 1 fully saturated rings. The maximum absolute atomic E-state index is 13.4. The Morgan fingerprint density at radius 1 is 1.12 bits per heavy atom. The van der Waals surface area contributed by atoms with Gasteiger partial charge in [0, 0.05) is 19.6 Å². The number of nitrogens with zero attached hydrogens (tertiary/aromatic N) is 1. The molecule has 4 N–H and O–H groups in total. The summed E-state index contributed by atoms with van der Waals surface area (Å²) >= 11 is 0. The second-order valence-electron chi connectivity index (χ2n) is 9.27. The maximum atomic E-state index is 13.4. The van der Waals surface area contributed by atoms with E-state index in [0.717, 1.165) is 18.5 Å². The third kappa shape index (κ3) is 7.02. The van der Waals surface area contributed by atoms with Crippen LogP contribution in [0.5, 0.6) is 5.75 Å². The predicted octanol–water partition coefficient (Wildman–Crippen LogP) is 1.74. The molecule has 1 aliphatic heterocycles. The van der Waals surface area contributed by atoms with Crippen LogP contribution < -0.4 is 10.6 Å². The standard InChI is InChI=1S/C25H35N3O5S/c1-18(2)16-28(34(32,33)22-10-8-21(29)9-11-22)17-24(30)23(14-19-6-4-3-5-7-19)27-25(31)20-12-13-26-15-20/h3-11,18,20,23-24,26,29-30H,12-17H2,1-2H3,(H,27,31)/t20-,23+,24-/m1/s1. The summed E-state index contributed by atoms with van der Waals surface area (Å²) in [4.78, 5) is 12.9. The molecule has 0 unspecified atom stereocenters. The average molecular weight is 490 g/mol. The fourth-order valence-electron chi connectivity index (χ4n) is 4.11. The molecule has 0 aromatic heterocycles. The molecule has 8 nitrogen and oxygen atoms in total. The lowest BCUT2D eigenvalue weighted by Crippen LogP contribution is -2.52. The van der Waals surface area contributed by atoms with Gasteiger partial charge in [-0.1, -0.05) is 44.2 Å². The summed E-state index contributed by atoms with van der Waals surface area (Å²) < 4.78 is 28.0. The highest BCUT2D eigenvalue weighted by atomic mass is 32.2. The van der Waals surface area contributed by atoms with Gasteiger partial charge < -0.3 is 20.8 Å². The Hall–Kier alpha value is -2.46. The van der Waals surface area contributed by atoms with Crippen LogP contribution in [0.2, 0.25) is 0 Å². The third-order valence-electron chi connectivity index (χ3n) is 5.96. The second-order valence-corrected chi connectivity index (χ2v) is 11.2. The van der Waals surface area contributed by atoms with Crippen LogP contribution in [-0.2, 0) is 21.2 Å². The highest BCUT2D eigenvalue weighted by molar-refractivity contribution is 7.89. The van der Waals surface area contributed by atoms with E-state index in [2.05, 4.69) is 10.6 Å². The van der Waals surface area contributed by atoms with Gasteiger partial charge in [0.05, 0.1) is 23.0 Å². The Balaban J connectivity index is 1.83. The summed E-state index contributed by atoms with van der Waals surface area (Å²) in [5.74, 6) is -0.313. The minimum atomic E-state index is -3.92. The van der Waals surface area contributed by atoms with E-state index in [1.165, 1.54) is 28.6 Å². The van der Waals surface area contributed by atoms with Crippen molar-refractivity contribution in [3.05, 3.63) is 60.2 Å². The number of carbonyl (C=O) groups excluding carboxylic acids is 1. The zero-order valence-electron chi connectivity index (χ0n) is 19.7. The fraction of sp³-hybridized carbons (Fsp3) is 0.480. The Bertz CT molecular complexity index is 1020. The van der Waals surface area contributed by atoms with E-state index < -0.39 is 22.2 Å². The summed E-state index contributed by atoms with van der Waals surface area (Å²) in [7, 11) is -3.92. The van der Waals surface area contributed by atoms with Crippen molar-refractivity contribution in [2.24, 2.45) is 11.8 Å².